The highest BCUT2D eigenvalue weighted by atomic mass is 16.5. The smallest absolute Gasteiger partial charge is 0.119 e. The van der Waals surface area contributed by atoms with E-state index in [1.54, 1.807) is 7.11 Å². The molecule has 0 spiro atoms. The molecule has 1 aromatic rings. The molecule has 0 aliphatic heterocycles. The number of nitrogen functional groups attached to an aromatic ring is 1. The van der Waals surface area contributed by atoms with Crippen molar-refractivity contribution in [3.05, 3.63) is 35.9 Å². The van der Waals surface area contributed by atoms with E-state index in [9.17, 15) is 0 Å². The minimum atomic E-state index is 0.467. The van der Waals surface area contributed by atoms with Gasteiger partial charge in [0.15, 0.2) is 0 Å². The van der Waals surface area contributed by atoms with Gasteiger partial charge in [0, 0.05) is 11.6 Å². The molecule has 2 heteroatoms. The highest BCUT2D eigenvalue weighted by Crippen LogP contribution is 2.33. The highest BCUT2D eigenvalue weighted by molar-refractivity contribution is 5.53. The van der Waals surface area contributed by atoms with Crippen LogP contribution in [0.2, 0.25) is 0 Å². The second-order valence-electron chi connectivity index (χ2n) is 3.96. The Morgan fingerprint density at radius 2 is 2.27 bits per heavy atom. The number of methoxy groups -OCH3 is 1. The first-order valence-corrected chi connectivity index (χ1v) is 5.41. The predicted octanol–water partition coefficient (Wildman–Crippen LogP) is 3.10. The van der Waals surface area contributed by atoms with Crippen LogP contribution in [0.15, 0.2) is 30.4 Å². The summed E-state index contributed by atoms with van der Waals surface area (Å²) in [7, 11) is 1.69. The van der Waals surface area contributed by atoms with Crippen molar-refractivity contribution in [2.24, 2.45) is 0 Å². The molecule has 1 aliphatic rings. The third-order valence-corrected chi connectivity index (χ3v) is 2.95. The first-order valence-electron chi connectivity index (χ1n) is 5.41. The van der Waals surface area contributed by atoms with Gasteiger partial charge < -0.3 is 10.5 Å². The van der Waals surface area contributed by atoms with Crippen LogP contribution < -0.4 is 10.5 Å². The summed E-state index contributed by atoms with van der Waals surface area (Å²) in [6, 6.07) is 5.89. The van der Waals surface area contributed by atoms with Crippen LogP contribution >= 0.6 is 0 Å². The predicted molar refractivity (Wildman–Crippen MR) is 63.1 cm³/mol. The molecular weight excluding hydrogens is 186 g/mol. The number of rotatable bonds is 2. The quantitative estimate of drug-likeness (QED) is 0.592. The number of benzene rings is 1. The second-order valence-corrected chi connectivity index (χ2v) is 3.96. The third kappa shape index (κ3) is 2.14. The zero-order valence-electron chi connectivity index (χ0n) is 9.07. The molecule has 0 aromatic heterocycles. The van der Waals surface area contributed by atoms with Crippen molar-refractivity contribution in [3.63, 3.8) is 0 Å². The van der Waals surface area contributed by atoms with Crippen molar-refractivity contribution < 1.29 is 4.74 Å². The van der Waals surface area contributed by atoms with Crippen molar-refractivity contribution >= 4 is 5.69 Å². The minimum absolute atomic E-state index is 0.467. The molecule has 1 aliphatic carbocycles. The molecule has 0 fully saturated rings. The molecule has 15 heavy (non-hydrogen) atoms. The number of hydrogen-bond donors (Lipinski definition) is 1. The molecule has 2 N–H and O–H groups in total. The molecule has 1 atom stereocenters. The van der Waals surface area contributed by atoms with Crippen molar-refractivity contribution in [2.75, 3.05) is 12.8 Å². The largest absolute Gasteiger partial charge is 0.497 e. The molecule has 2 rings (SSSR count). The highest BCUT2D eigenvalue weighted by Gasteiger charge is 2.14. The van der Waals surface area contributed by atoms with Crippen molar-refractivity contribution in [1.82, 2.24) is 0 Å². The maximum absolute atomic E-state index is 5.99. The van der Waals surface area contributed by atoms with Crippen LogP contribution in [0, 0.1) is 0 Å². The van der Waals surface area contributed by atoms with E-state index in [4.69, 9.17) is 10.5 Å². The summed E-state index contributed by atoms with van der Waals surface area (Å²) in [6.45, 7) is 0. The van der Waals surface area contributed by atoms with E-state index in [-0.39, 0.29) is 0 Å². The number of allylic oxidation sites excluding steroid dienone is 2. The number of nitrogens with two attached hydrogens (primary N) is 1. The lowest BCUT2D eigenvalue weighted by Crippen LogP contribution is -2.03. The fourth-order valence-corrected chi connectivity index (χ4v) is 2.07. The Hall–Kier alpha value is -1.44. The van der Waals surface area contributed by atoms with Crippen LogP contribution in [0.4, 0.5) is 5.69 Å². The van der Waals surface area contributed by atoms with Crippen LogP contribution in [0.5, 0.6) is 5.75 Å². The van der Waals surface area contributed by atoms with Crippen LogP contribution in [-0.2, 0) is 0 Å². The Morgan fingerprint density at radius 1 is 1.40 bits per heavy atom. The summed E-state index contributed by atoms with van der Waals surface area (Å²) in [5.74, 6) is 1.35. The Kier molecular flexibility index (Phi) is 2.95. The first-order chi connectivity index (χ1) is 7.31. The average molecular weight is 203 g/mol. The average Bonchev–Trinajstić information content (AvgIpc) is 2.31. The van der Waals surface area contributed by atoms with Gasteiger partial charge >= 0.3 is 0 Å². The van der Waals surface area contributed by atoms with Crippen LogP contribution in [0.3, 0.4) is 0 Å². The maximum atomic E-state index is 5.99. The van der Waals surface area contributed by atoms with Gasteiger partial charge in [0.2, 0.25) is 0 Å². The van der Waals surface area contributed by atoms with E-state index in [2.05, 4.69) is 18.2 Å². The Bertz CT molecular complexity index is 371. The number of anilines is 1. The standard InChI is InChI=1S/C13H17NO/c1-15-11-7-8-13(14)12(9-11)10-5-3-2-4-6-10/h3,5,7-10H,2,4,6,14H2,1H3. The lowest BCUT2D eigenvalue weighted by molar-refractivity contribution is 0.414. The molecule has 80 valence electrons. The van der Waals surface area contributed by atoms with Gasteiger partial charge in [-0.25, -0.2) is 0 Å². The Labute approximate surface area is 90.7 Å². The molecule has 0 saturated heterocycles. The van der Waals surface area contributed by atoms with Crippen molar-refractivity contribution in [2.45, 2.75) is 25.2 Å². The van der Waals surface area contributed by atoms with E-state index < -0.39 is 0 Å². The SMILES string of the molecule is COc1ccc(N)c(C2C=CCCC2)c1. The normalized spacial score (nSPS) is 20.2. The Morgan fingerprint density at radius 3 is 2.93 bits per heavy atom. The molecule has 0 bridgehead atoms. The molecule has 1 unspecified atom stereocenters. The summed E-state index contributed by atoms with van der Waals surface area (Å²) >= 11 is 0. The van der Waals surface area contributed by atoms with Gasteiger partial charge in [0.1, 0.15) is 5.75 Å². The van der Waals surface area contributed by atoms with Gasteiger partial charge in [-0.15, -0.1) is 0 Å². The van der Waals surface area contributed by atoms with Gasteiger partial charge in [-0.1, -0.05) is 12.2 Å². The maximum Gasteiger partial charge on any atom is 0.119 e. The molecule has 0 saturated carbocycles. The summed E-state index contributed by atoms with van der Waals surface area (Å²) in [6.07, 6.45) is 8.13. The first kappa shape index (κ1) is 10.1. The molecule has 2 nitrogen and oxygen atoms in total. The third-order valence-electron chi connectivity index (χ3n) is 2.95. The van der Waals surface area contributed by atoms with Gasteiger partial charge in [0.25, 0.3) is 0 Å². The number of hydrogen-bond acceptors (Lipinski definition) is 2. The van der Waals surface area contributed by atoms with Crippen LogP contribution in [-0.4, -0.2) is 7.11 Å². The summed E-state index contributed by atoms with van der Waals surface area (Å²) in [4.78, 5) is 0. The molecule has 0 heterocycles. The number of ether oxygens (including phenoxy) is 1. The zero-order valence-corrected chi connectivity index (χ0v) is 9.07. The van der Waals surface area contributed by atoms with Crippen molar-refractivity contribution in [3.8, 4) is 5.75 Å². The zero-order chi connectivity index (χ0) is 10.7. The summed E-state index contributed by atoms with van der Waals surface area (Å²) in [5.41, 5.74) is 8.05. The van der Waals surface area contributed by atoms with E-state index >= 15 is 0 Å². The Balaban J connectivity index is 2.32. The lowest BCUT2D eigenvalue weighted by Gasteiger charge is -2.19. The van der Waals surface area contributed by atoms with Gasteiger partial charge in [-0.05, 0) is 43.0 Å². The van der Waals surface area contributed by atoms with E-state index in [0.717, 1.165) is 11.4 Å². The molecule has 1 aromatic carbocycles. The topological polar surface area (TPSA) is 35.2 Å². The van der Waals surface area contributed by atoms with Crippen molar-refractivity contribution in [1.29, 1.82) is 0 Å². The van der Waals surface area contributed by atoms with E-state index in [0.29, 0.717) is 5.92 Å². The monoisotopic (exact) mass is 203 g/mol. The van der Waals surface area contributed by atoms with E-state index in [1.165, 1.54) is 24.8 Å². The lowest BCUT2D eigenvalue weighted by atomic mass is 9.88. The molecule has 0 radical (unpaired) electrons. The van der Waals surface area contributed by atoms with E-state index in [1.807, 2.05) is 12.1 Å². The van der Waals surface area contributed by atoms with Gasteiger partial charge in [-0.3, -0.25) is 0 Å². The van der Waals surface area contributed by atoms with Gasteiger partial charge in [-0.2, -0.15) is 0 Å². The minimum Gasteiger partial charge on any atom is -0.497 e. The molecule has 0 amide bonds. The van der Waals surface area contributed by atoms with Crippen LogP contribution in [0.25, 0.3) is 0 Å². The fourth-order valence-electron chi connectivity index (χ4n) is 2.07. The van der Waals surface area contributed by atoms with Gasteiger partial charge in [0.05, 0.1) is 7.11 Å². The summed E-state index contributed by atoms with van der Waals surface area (Å²) < 4.78 is 5.22. The summed E-state index contributed by atoms with van der Waals surface area (Å²) in [5, 5.41) is 0. The second kappa shape index (κ2) is 4.39. The fraction of sp³-hybridized carbons (Fsp3) is 0.385. The molecular formula is C13H17NO. The van der Waals surface area contributed by atoms with Crippen LogP contribution in [0.1, 0.15) is 30.7 Å².